The molecule has 0 heterocycles. The van der Waals surface area contributed by atoms with Gasteiger partial charge >= 0.3 is 5.97 Å². The highest BCUT2D eigenvalue weighted by Crippen LogP contribution is 2.28. The molecule has 0 rings (SSSR count). The highest BCUT2D eigenvalue weighted by atomic mass is 32.2. The minimum absolute atomic E-state index is 0.0756. The van der Waals surface area contributed by atoms with Crippen LogP contribution in [-0.2, 0) is 9.53 Å². The molecule has 154 valence electrons. The molecule has 0 N–H and O–H groups in total. The van der Waals surface area contributed by atoms with Gasteiger partial charge in [-0.05, 0) is 25.5 Å². The Morgan fingerprint density at radius 1 is 0.923 bits per heavy atom. The second-order valence-corrected chi connectivity index (χ2v) is 10.4. The molecule has 5 heteroatoms. The van der Waals surface area contributed by atoms with Crippen molar-refractivity contribution in [2.75, 3.05) is 5.75 Å². The topological polar surface area (TPSA) is 26.3 Å². The molecule has 0 saturated heterocycles. The smallest absolute Gasteiger partial charge is 0.305 e. The van der Waals surface area contributed by atoms with Gasteiger partial charge in [-0.1, -0.05) is 90.8 Å². The van der Waals surface area contributed by atoms with E-state index in [1.807, 2.05) is 13.8 Å². The number of esters is 1. The lowest BCUT2D eigenvalue weighted by Gasteiger charge is -2.22. The van der Waals surface area contributed by atoms with Crippen LogP contribution in [0.3, 0.4) is 0 Å². The number of carbonyl (C=O) groups excluding carboxylic acids is 1. The lowest BCUT2D eigenvalue weighted by Crippen LogP contribution is -2.26. The Bertz CT molecular complexity index is 361. The van der Waals surface area contributed by atoms with E-state index in [-0.39, 0.29) is 17.3 Å². The fourth-order valence-corrected chi connectivity index (χ4v) is 5.47. The molecule has 0 spiro atoms. The number of thiocarbonyl (C=S) groups is 1. The van der Waals surface area contributed by atoms with Crippen molar-refractivity contribution in [1.29, 1.82) is 0 Å². The summed E-state index contributed by atoms with van der Waals surface area (Å²) in [4.78, 5) is 11.4. The summed E-state index contributed by atoms with van der Waals surface area (Å²) in [6.45, 7) is 8.20. The number of rotatable bonds is 16. The molecule has 2 nitrogen and oxygen atoms in total. The van der Waals surface area contributed by atoms with Crippen molar-refractivity contribution in [2.45, 2.75) is 116 Å². The maximum atomic E-state index is 11.4. The summed E-state index contributed by atoms with van der Waals surface area (Å²) >= 11 is 9.01. The Balaban J connectivity index is 3.64. The first kappa shape index (κ1) is 26.3. The van der Waals surface area contributed by atoms with Crippen LogP contribution in [0, 0.1) is 0 Å². The molecule has 0 radical (unpaired) electrons. The lowest BCUT2D eigenvalue weighted by molar-refractivity contribution is -0.147. The summed E-state index contributed by atoms with van der Waals surface area (Å²) < 4.78 is 6.43. The second-order valence-electron chi connectivity index (χ2n) is 6.89. The molecule has 0 amide bonds. The van der Waals surface area contributed by atoms with Crippen LogP contribution < -0.4 is 0 Å². The van der Waals surface area contributed by atoms with Crippen LogP contribution in [0.25, 0.3) is 0 Å². The SMILES string of the molecule is CCCCCCCCCCCCSC(=S)SC(CC)C(C)OC(=O)CC. The molecule has 2 atom stereocenters. The van der Waals surface area contributed by atoms with E-state index < -0.39 is 0 Å². The number of carbonyl (C=O) groups is 1. The Morgan fingerprint density at radius 2 is 1.46 bits per heavy atom. The molecule has 0 aliphatic heterocycles. The molecular formula is C21H40O2S3. The van der Waals surface area contributed by atoms with E-state index in [2.05, 4.69) is 13.8 Å². The molecule has 0 fully saturated rings. The molecule has 0 aliphatic carbocycles. The summed E-state index contributed by atoms with van der Waals surface area (Å²) in [6.07, 6.45) is 15.0. The highest BCUT2D eigenvalue weighted by Gasteiger charge is 2.21. The van der Waals surface area contributed by atoms with Gasteiger partial charge in [0.05, 0.1) is 0 Å². The highest BCUT2D eigenvalue weighted by molar-refractivity contribution is 8.47. The Hall–Kier alpha value is 0.260. The van der Waals surface area contributed by atoms with Gasteiger partial charge in [-0.25, -0.2) is 0 Å². The lowest BCUT2D eigenvalue weighted by atomic mass is 10.1. The van der Waals surface area contributed by atoms with E-state index in [0.29, 0.717) is 6.42 Å². The fraction of sp³-hybridized carbons (Fsp3) is 0.905. The van der Waals surface area contributed by atoms with Gasteiger partial charge in [-0.2, -0.15) is 0 Å². The maximum absolute atomic E-state index is 11.4. The van der Waals surface area contributed by atoms with E-state index >= 15 is 0 Å². The van der Waals surface area contributed by atoms with Crippen LogP contribution >= 0.6 is 35.7 Å². The van der Waals surface area contributed by atoms with Crippen LogP contribution in [0.1, 0.15) is 105 Å². The molecule has 0 aromatic heterocycles. The summed E-state index contributed by atoms with van der Waals surface area (Å²) in [5, 5.41) is 0.262. The third-order valence-electron chi connectivity index (χ3n) is 4.50. The summed E-state index contributed by atoms with van der Waals surface area (Å²) in [5.74, 6) is 0.988. The van der Waals surface area contributed by atoms with E-state index in [9.17, 15) is 4.79 Å². The largest absolute Gasteiger partial charge is 0.461 e. The standard InChI is InChI=1S/C21H40O2S3/c1-5-8-9-10-11-12-13-14-15-16-17-25-21(24)26-19(6-2)18(4)23-20(22)7-3/h18-19H,5-17H2,1-4H3. The first-order valence-corrected chi connectivity index (χ1v) is 12.8. The van der Waals surface area contributed by atoms with E-state index in [0.717, 1.165) is 15.7 Å². The van der Waals surface area contributed by atoms with Crippen molar-refractivity contribution in [2.24, 2.45) is 0 Å². The van der Waals surface area contributed by atoms with Gasteiger partial charge in [0.1, 0.15) is 9.63 Å². The molecule has 0 aromatic carbocycles. The van der Waals surface area contributed by atoms with Gasteiger partial charge in [0, 0.05) is 11.7 Å². The van der Waals surface area contributed by atoms with Crippen molar-refractivity contribution in [3.8, 4) is 0 Å². The molecule has 0 saturated carbocycles. The van der Waals surface area contributed by atoms with E-state index in [4.69, 9.17) is 17.0 Å². The second kappa shape index (κ2) is 18.6. The number of hydrogen-bond donors (Lipinski definition) is 0. The van der Waals surface area contributed by atoms with Crippen LogP contribution in [0.5, 0.6) is 0 Å². The molecule has 0 aromatic rings. The van der Waals surface area contributed by atoms with E-state index in [1.165, 1.54) is 64.2 Å². The Kier molecular flexibility index (Phi) is 18.8. The van der Waals surface area contributed by atoms with Crippen molar-refractivity contribution >= 4 is 45.2 Å². The van der Waals surface area contributed by atoms with Gasteiger partial charge in [0.25, 0.3) is 0 Å². The van der Waals surface area contributed by atoms with Crippen molar-refractivity contribution in [3.63, 3.8) is 0 Å². The van der Waals surface area contributed by atoms with Crippen molar-refractivity contribution in [3.05, 3.63) is 0 Å². The minimum Gasteiger partial charge on any atom is -0.461 e. The van der Waals surface area contributed by atoms with Crippen LogP contribution in [0.15, 0.2) is 0 Å². The van der Waals surface area contributed by atoms with Crippen LogP contribution in [0.4, 0.5) is 0 Å². The predicted octanol–water partition coefficient (Wildman–Crippen LogP) is 7.78. The van der Waals surface area contributed by atoms with Gasteiger partial charge in [-0.3, -0.25) is 4.79 Å². The van der Waals surface area contributed by atoms with Gasteiger partial charge in [0.15, 0.2) is 0 Å². The van der Waals surface area contributed by atoms with Gasteiger partial charge in [0.2, 0.25) is 0 Å². The Labute approximate surface area is 176 Å². The molecule has 0 bridgehead atoms. The molecule has 0 aliphatic rings. The number of ether oxygens (including phenoxy) is 1. The van der Waals surface area contributed by atoms with Gasteiger partial charge in [-0.15, -0.1) is 23.5 Å². The molecule has 2 unspecified atom stereocenters. The van der Waals surface area contributed by atoms with Crippen LogP contribution in [0.2, 0.25) is 0 Å². The first-order chi connectivity index (χ1) is 12.5. The maximum Gasteiger partial charge on any atom is 0.305 e. The zero-order valence-electron chi connectivity index (χ0n) is 17.4. The normalized spacial score (nSPS) is 13.4. The fourth-order valence-electron chi connectivity index (χ4n) is 2.78. The molecule has 26 heavy (non-hydrogen) atoms. The molecular weight excluding hydrogens is 380 g/mol. The quantitative estimate of drug-likeness (QED) is 0.144. The summed E-state index contributed by atoms with van der Waals surface area (Å²) in [6, 6.07) is 0. The summed E-state index contributed by atoms with van der Waals surface area (Å²) in [5.41, 5.74) is 0. The minimum atomic E-state index is -0.125. The van der Waals surface area contributed by atoms with E-state index in [1.54, 1.807) is 23.5 Å². The summed E-state index contributed by atoms with van der Waals surface area (Å²) in [7, 11) is 0. The number of thioether (sulfide) groups is 2. The van der Waals surface area contributed by atoms with Crippen molar-refractivity contribution < 1.29 is 9.53 Å². The Morgan fingerprint density at radius 3 is 1.96 bits per heavy atom. The number of unbranched alkanes of at least 4 members (excludes halogenated alkanes) is 9. The van der Waals surface area contributed by atoms with Crippen molar-refractivity contribution in [1.82, 2.24) is 0 Å². The third kappa shape index (κ3) is 15.3. The predicted molar refractivity (Wildman–Crippen MR) is 124 cm³/mol. The average molecular weight is 421 g/mol. The zero-order valence-corrected chi connectivity index (χ0v) is 19.8. The average Bonchev–Trinajstić information content (AvgIpc) is 2.63. The van der Waals surface area contributed by atoms with Gasteiger partial charge < -0.3 is 4.74 Å². The monoisotopic (exact) mass is 420 g/mol. The van der Waals surface area contributed by atoms with Crippen LogP contribution in [-0.4, -0.2) is 26.6 Å². The zero-order chi connectivity index (χ0) is 19.6. The third-order valence-corrected chi connectivity index (χ3v) is 7.72. The first-order valence-electron chi connectivity index (χ1n) is 10.6. The number of hydrogen-bond acceptors (Lipinski definition) is 5.